The van der Waals surface area contributed by atoms with Crippen molar-refractivity contribution in [2.45, 2.75) is 39.8 Å². The molecular formula is C28H36N2O6. The molecule has 1 aliphatic rings. The predicted octanol–water partition coefficient (Wildman–Crippen LogP) is 4.25. The summed E-state index contributed by atoms with van der Waals surface area (Å²) >= 11 is 0. The molecule has 3 rings (SSSR count). The Hall–Kier alpha value is -3.52. The fourth-order valence-electron chi connectivity index (χ4n) is 4.12. The number of ether oxygens (including phenoxy) is 3. The van der Waals surface area contributed by atoms with Gasteiger partial charge in [0.1, 0.15) is 11.5 Å². The molecule has 1 aliphatic heterocycles. The normalized spacial score (nSPS) is 17.2. The summed E-state index contributed by atoms with van der Waals surface area (Å²) < 4.78 is 17.2. The van der Waals surface area contributed by atoms with Crippen LogP contribution in [0.2, 0.25) is 0 Å². The number of nitrogens with zero attached hydrogens (tertiary/aromatic N) is 2. The Labute approximate surface area is 213 Å². The van der Waals surface area contributed by atoms with Crippen LogP contribution in [0.25, 0.3) is 5.76 Å². The molecule has 2 aromatic rings. The Balaban J connectivity index is 2.13. The highest BCUT2D eigenvalue weighted by atomic mass is 16.5. The zero-order valence-electron chi connectivity index (χ0n) is 21.9. The fourth-order valence-corrected chi connectivity index (χ4v) is 4.12. The van der Waals surface area contributed by atoms with E-state index in [-0.39, 0.29) is 17.4 Å². The lowest BCUT2D eigenvalue weighted by atomic mass is 9.95. The second-order valence-electron chi connectivity index (χ2n) is 9.06. The molecule has 0 aliphatic carbocycles. The summed E-state index contributed by atoms with van der Waals surface area (Å²) in [5.41, 5.74) is 1.13. The third kappa shape index (κ3) is 5.99. The number of Topliss-reactive ketones (excluding diaryl/α,β-unsaturated/α-hetero) is 1. The molecule has 0 unspecified atom stereocenters. The van der Waals surface area contributed by atoms with Crippen molar-refractivity contribution in [1.82, 2.24) is 9.80 Å². The van der Waals surface area contributed by atoms with Crippen LogP contribution in [0.1, 0.15) is 44.9 Å². The van der Waals surface area contributed by atoms with Crippen molar-refractivity contribution < 1.29 is 28.9 Å². The van der Waals surface area contributed by atoms with Gasteiger partial charge in [-0.1, -0.05) is 6.07 Å². The average Bonchev–Trinajstić information content (AvgIpc) is 3.08. The summed E-state index contributed by atoms with van der Waals surface area (Å²) in [6.07, 6.45) is 0.00524. The number of ketones is 1. The van der Waals surface area contributed by atoms with Crippen LogP contribution in [0.15, 0.2) is 48.0 Å². The molecule has 1 saturated heterocycles. The Morgan fingerprint density at radius 1 is 1.00 bits per heavy atom. The van der Waals surface area contributed by atoms with E-state index in [9.17, 15) is 14.7 Å². The van der Waals surface area contributed by atoms with E-state index in [0.29, 0.717) is 54.7 Å². The van der Waals surface area contributed by atoms with Gasteiger partial charge in [0.2, 0.25) is 0 Å². The van der Waals surface area contributed by atoms with Gasteiger partial charge in [0.05, 0.1) is 30.9 Å². The number of likely N-dealkylation sites (N-methyl/N-ethyl adjacent to an activating group) is 1. The minimum atomic E-state index is -0.772. The number of carbonyl (C=O) groups excluding carboxylic acids is 2. The van der Waals surface area contributed by atoms with Crippen LogP contribution in [0, 0.1) is 0 Å². The van der Waals surface area contributed by atoms with Crippen molar-refractivity contribution in [3.8, 4) is 17.2 Å². The molecule has 2 aromatic carbocycles. The van der Waals surface area contributed by atoms with Crippen LogP contribution < -0.4 is 14.2 Å². The Kier molecular flexibility index (Phi) is 8.98. The molecule has 0 aromatic heterocycles. The van der Waals surface area contributed by atoms with E-state index < -0.39 is 17.7 Å². The lowest BCUT2D eigenvalue weighted by molar-refractivity contribution is -0.140. The van der Waals surface area contributed by atoms with Crippen molar-refractivity contribution in [2.24, 2.45) is 0 Å². The van der Waals surface area contributed by atoms with Gasteiger partial charge in [0.25, 0.3) is 11.7 Å². The maximum Gasteiger partial charge on any atom is 0.295 e. The zero-order chi connectivity index (χ0) is 26.4. The molecule has 194 valence electrons. The molecule has 0 radical (unpaired) electrons. The minimum Gasteiger partial charge on any atom is -0.507 e. The molecule has 8 heteroatoms. The summed E-state index contributed by atoms with van der Waals surface area (Å²) in [5.74, 6) is 0.158. The number of rotatable bonds is 11. The molecular weight excluding hydrogens is 460 g/mol. The third-order valence-electron chi connectivity index (χ3n) is 5.71. The highest BCUT2D eigenvalue weighted by Gasteiger charge is 2.46. The van der Waals surface area contributed by atoms with Crippen LogP contribution in [0.5, 0.6) is 17.2 Å². The number of carbonyl (C=O) groups is 2. The van der Waals surface area contributed by atoms with E-state index in [1.165, 1.54) is 4.90 Å². The Morgan fingerprint density at radius 3 is 2.22 bits per heavy atom. The third-order valence-corrected chi connectivity index (χ3v) is 5.71. The van der Waals surface area contributed by atoms with Gasteiger partial charge in [0.15, 0.2) is 11.5 Å². The van der Waals surface area contributed by atoms with Gasteiger partial charge in [0, 0.05) is 18.7 Å². The molecule has 1 fully saturated rings. The van der Waals surface area contributed by atoms with Crippen molar-refractivity contribution in [2.75, 3.05) is 40.4 Å². The first-order chi connectivity index (χ1) is 17.2. The molecule has 8 nitrogen and oxygen atoms in total. The van der Waals surface area contributed by atoms with Gasteiger partial charge < -0.3 is 29.1 Å². The quantitative estimate of drug-likeness (QED) is 0.283. The van der Waals surface area contributed by atoms with Crippen LogP contribution >= 0.6 is 0 Å². The lowest BCUT2D eigenvalue weighted by Gasteiger charge is -2.27. The summed E-state index contributed by atoms with van der Waals surface area (Å²) in [6.45, 7) is 9.38. The smallest absolute Gasteiger partial charge is 0.295 e. The van der Waals surface area contributed by atoms with E-state index in [4.69, 9.17) is 14.2 Å². The van der Waals surface area contributed by atoms with Crippen molar-refractivity contribution >= 4 is 17.4 Å². The molecule has 1 amide bonds. The van der Waals surface area contributed by atoms with E-state index in [1.807, 2.05) is 46.7 Å². The summed E-state index contributed by atoms with van der Waals surface area (Å²) in [4.78, 5) is 29.8. The number of aliphatic hydroxyl groups is 1. The Bertz CT molecular complexity index is 1110. The molecule has 0 saturated carbocycles. The zero-order valence-corrected chi connectivity index (χ0v) is 21.9. The van der Waals surface area contributed by atoms with E-state index in [1.54, 1.807) is 42.5 Å². The van der Waals surface area contributed by atoms with Gasteiger partial charge in [-0.15, -0.1) is 0 Å². The average molecular weight is 497 g/mol. The topological polar surface area (TPSA) is 88.5 Å². The molecule has 1 atom stereocenters. The number of hydrogen-bond acceptors (Lipinski definition) is 7. The standard InChI is InChI=1S/C28H36N2O6/c1-7-34-22-14-11-20(17-23(22)35-8-2)25-24(27(32)28(33)30(25)16-15-29(5)6)26(31)19-9-12-21(13-10-19)36-18(3)4/h9-14,17-18,25,31H,7-8,15-16H2,1-6H3/t25-/m1/s1. The Morgan fingerprint density at radius 2 is 1.64 bits per heavy atom. The maximum absolute atomic E-state index is 13.2. The van der Waals surface area contributed by atoms with E-state index in [0.717, 1.165) is 0 Å². The van der Waals surface area contributed by atoms with Gasteiger partial charge >= 0.3 is 0 Å². The number of hydrogen-bond donors (Lipinski definition) is 1. The number of benzene rings is 2. The van der Waals surface area contributed by atoms with Crippen LogP contribution in [-0.2, 0) is 9.59 Å². The van der Waals surface area contributed by atoms with Crippen LogP contribution in [0.4, 0.5) is 0 Å². The van der Waals surface area contributed by atoms with E-state index >= 15 is 0 Å². The molecule has 1 heterocycles. The SMILES string of the molecule is CCOc1ccc([C@@H]2C(=C(O)c3ccc(OC(C)C)cc3)C(=O)C(=O)N2CCN(C)C)cc1OCC. The molecule has 36 heavy (non-hydrogen) atoms. The monoisotopic (exact) mass is 496 g/mol. The first kappa shape index (κ1) is 27.1. The number of amides is 1. The highest BCUT2D eigenvalue weighted by Crippen LogP contribution is 2.42. The van der Waals surface area contributed by atoms with Gasteiger partial charge in [-0.3, -0.25) is 9.59 Å². The van der Waals surface area contributed by atoms with Crippen molar-refractivity contribution in [1.29, 1.82) is 0 Å². The second kappa shape index (κ2) is 11.9. The summed E-state index contributed by atoms with van der Waals surface area (Å²) in [7, 11) is 3.80. The first-order valence-corrected chi connectivity index (χ1v) is 12.3. The summed E-state index contributed by atoms with van der Waals surface area (Å²) in [5, 5.41) is 11.3. The van der Waals surface area contributed by atoms with E-state index in [2.05, 4.69) is 0 Å². The van der Waals surface area contributed by atoms with Gasteiger partial charge in [-0.2, -0.15) is 0 Å². The summed E-state index contributed by atoms with van der Waals surface area (Å²) in [6, 6.07) is 11.4. The minimum absolute atomic E-state index is 0.00524. The largest absolute Gasteiger partial charge is 0.507 e. The molecule has 0 bridgehead atoms. The van der Waals surface area contributed by atoms with Gasteiger partial charge in [-0.05, 0) is 83.8 Å². The lowest BCUT2D eigenvalue weighted by Crippen LogP contribution is -2.35. The predicted molar refractivity (Wildman–Crippen MR) is 139 cm³/mol. The fraction of sp³-hybridized carbons (Fsp3) is 0.429. The van der Waals surface area contributed by atoms with Crippen molar-refractivity contribution in [3.05, 3.63) is 59.2 Å². The molecule has 1 N–H and O–H groups in total. The number of aliphatic hydroxyl groups excluding tert-OH is 1. The second-order valence-corrected chi connectivity index (χ2v) is 9.06. The molecule has 0 spiro atoms. The van der Waals surface area contributed by atoms with Crippen molar-refractivity contribution in [3.63, 3.8) is 0 Å². The van der Waals surface area contributed by atoms with Gasteiger partial charge in [-0.25, -0.2) is 0 Å². The first-order valence-electron chi connectivity index (χ1n) is 12.3. The number of likely N-dealkylation sites (tertiary alicyclic amines) is 1. The van der Waals surface area contributed by atoms with Crippen LogP contribution in [0.3, 0.4) is 0 Å². The maximum atomic E-state index is 13.2. The van der Waals surface area contributed by atoms with Crippen LogP contribution in [-0.4, -0.2) is 73.1 Å². The highest BCUT2D eigenvalue weighted by molar-refractivity contribution is 6.46.